The fourth-order valence-corrected chi connectivity index (χ4v) is 3.49. The monoisotopic (exact) mass is 314 g/mol. The van der Waals surface area contributed by atoms with Crippen LogP contribution in [0.5, 0.6) is 0 Å². The van der Waals surface area contributed by atoms with Crippen LogP contribution in [0.1, 0.15) is 22.3 Å². The number of hydrogen-bond donors (Lipinski definition) is 0. The van der Waals surface area contributed by atoms with Gasteiger partial charge in [-0.15, -0.1) is 20.4 Å². The molecule has 24 heavy (non-hydrogen) atoms. The normalized spacial score (nSPS) is 10.8. The summed E-state index contributed by atoms with van der Waals surface area (Å²) in [5.41, 5.74) is 9.08. The van der Waals surface area contributed by atoms with Gasteiger partial charge in [0.05, 0.1) is 0 Å². The van der Waals surface area contributed by atoms with E-state index in [0.29, 0.717) is 11.6 Å². The van der Waals surface area contributed by atoms with Crippen molar-refractivity contribution in [2.45, 2.75) is 27.7 Å². The molecule has 0 aliphatic rings. The molecule has 0 aliphatic carbocycles. The molecular weight excluding hydrogens is 294 g/mol. The third-order valence-corrected chi connectivity index (χ3v) is 4.28. The summed E-state index contributed by atoms with van der Waals surface area (Å²) in [6.07, 6.45) is 0. The van der Waals surface area contributed by atoms with Crippen LogP contribution in [0, 0.1) is 27.7 Å². The maximum absolute atomic E-state index is 4.36. The van der Waals surface area contributed by atoms with E-state index >= 15 is 0 Å². The van der Waals surface area contributed by atoms with Crippen molar-refractivity contribution in [2.75, 3.05) is 0 Å². The quantitative estimate of drug-likeness (QED) is 0.641. The number of hydrogen-bond acceptors (Lipinski definition) is 4. The minimum atomic E-state index is 0.580. The molecule has 118 valence electrons. The van der Waals surface area contributed by atoms with Gasteiger partial charge in [0.2, 0.25) is 11.6 Å². The molecule has 0 aliphatic heterocycles. The number of aromatic nitrogens is 4. The van der Waals surface area contributed by atoms with Crippen LogP contribution in [-0.4, -0.2) is 36.1 Å². The fraction of sp³-hybridized carbons (Fsp3) is 0.222. The number of benzene rings is 2. The Kier molecular flexibility index (Phi) is 4.22. The zero-order valence-electron chi connectivity index (χ0n) is 15.1. The molecule has 0 bridgehead atoms. The molecule has 0 atom stereocenters. The van der Waals surface area contributed by atoms with Crippen LogP contribution in [0.2, 0.25) is 0 Å². The highest BCUT2D eigenvalue weighted by Gasteiger charge is 2.14. The first-order chi connectivity index (χ1) is 11.4. The smallest absolute Gasteiger partial charge is 0.126 e. The molecule has 0 amide bonds. The average molecular weight is 314 g/mol. The summed E-state index contributed by atoms with van der Waals surface area (Å²) in [6.45, 7) is 8.28. The minimum absolute atomic E-state index is 0.580. The summed E-state index contributed by atoms with van der Waals surface area (Å²) >= 11 is 0. The van der Waals surface area contributed by atoms with Gasteiger partial charge in [0.15, 0.2) is 0 Å². The number of aryl methyl sites for hydroxylation is 4. The summed E-state index contributed by atoms with van der Waals surface area (Å²) in [6, 6.07) is 8.53. The Morgan fingerprint density at radius 3 is 1.04 bits per heavy atom. The van der Waals surface area contributed by atoms with E-state index in [0.717, 1.165) is 33.4 Å². The van der Waals surface area contributed by atoms with Crippen LogP contribution in [0.15, 0.2) is 24.3 Å². The lowest BCUT2D eigenvalue weighted by Crippen LogP contribution is -2.09. The Balaban J connectivity index is 2.07. The molecule has 6 heteroatoms. The van der Waals surface area contributed by atoms with Gasteiger partial charge >= 0.3 is 0 Å². The maximum Gasteiger partial charge on any atom is 0.204 e. The predicted octanol–water partition coefficient (Wildman–Crippen LogP) is 0.351. The summed E-state index contributed by atoms with van der Waals surface area (Å²) in [5, 5.41) is 17.4. The Morgan fingerprint density at radius 1 is 0.542 bits per heavy atom. The van der Waals surface area contributed by atoms with Crippen molar-refractivity contribution in [2.24, 2.45) is 0 Å². The first-order valence-electron chi connectivity index (χ1n) is 8.10. The van der Waals surface area contributed by atoms with E-state index in [1.165, 1.54) is 10.9 Å². The second-order valence-electron chi connectivity index (χ2n) is 6.59. The van der Waals surface area contributed by atoms with Gasteiger partial charge in [-0.3, -0.25) is 0 Å². The topological polar surface area (TPSA) is 51.6 Å². The molecule has 0 fully saturated rings. The fourth-order valence-electron chi connectivity index (χ4n) is 3.49. The first-order valence-corrected chi connectivity index (χ1v) is 8.10. The van der Waals surface area contributed by atoms with Crippen molar-refractivity contribution in [1.29, 1.82) is 0 Å². The summed E-state index contributed by atoms with van der Waals surface area (Å²) < 4.78 is 0. The molecular formula is C18H20B2N4. The van der Waals surface area contributed by atoms with Crippen LogP contribution >= 0.6 is 0 Å². The third-order valence-electron chi connectivity index (χ3n) is 4.28. The zero-order valence-corrected chi connectivity index (χ0v) is 15.1. The molecule has 0 radical (unpaired) electrons. The van der Waals surface area contributed by atoms with E-state index in [-0.39, 0.29) is 0 Å². The Morgan fingerprint density at radius 2 is 0.792 bits per heavy atom. The Bertz CT molecular complexity index is 798. The molecule has 0 unspecified atom stereocenters. The average Bonchev–Trinajstić information content (AvgIpc) is 2.46. The lowest BCUT2D eigenvalue weighted by molar-refractivity contribution is 0.871. The first kappa shape index (κ1) is 16.4. The lowest BCUT2D eigenvalue weighted by atomic mass is 9.89. The lowest BCUT2D eigenvalue weighted by Gasteiger charge is -2.11. The Hall–Kier alpha value is -2.49. The SMILES string of the molecule is Bc1cc(C)c(-c2nnc(-c3c(C)cc(B)cc3C)nn2)c(C)c1. The van der Waals surface area contributed by atoms with E-state index in [2.05, 4.69) is 88.0 Å². The van der Waals surface area contributed by atoms with Gasteiger partial charge in [-0.25, -0.2) is 0 Å². The Labute approximate surface area is 144 Å². The highest BCUT2D eigenvalue weighted by atomic mass is 15.3. The zero-order chi connectivity index (χ0) is 17.4. The summed E-state index contributed by atoms with van der Waals surface area (Å²) in [5.74, 6) is 1.16. The van der Waals surface area contributed by atoms with Crippen molar-refractivity contribution in [1.82, 2.24) is 20.4 Å². The van der Waals surface area contributed by atoms with Gasteiger partial charge in [0.1, 0.15) is 15.7 Å². The van der Waals surface area contributed by atoms with E-state index in [1.807, 2.05) is 0 Å². The van der Waals surface area contributed by atoms with Crippen LogP contribution in [-0.2, 0) is 0 Å². The summed E-state index contributed by atoms with van der Waals surface area (Å²) in [7, 11) is 4.18. The van der Waals surface area contributed by atoms with Crippen LogP contribution in [0.3, 0.4) is 0 Å². The largest absolute Gasteiger partial charge is 0.204 e. The van der Waals surface area contributed by atoms with Crippen LogP contribution in [0.4, 0.5) is 0 Å². The van der Waals surface area contributed by atoms with E-state index in [4.69, 9.17) is 0 Å². The van der Waals surface area contributed by atoms with Gasteiger partial charge in [-0.2, -0.15) is 0 Å². The molecule has 0 saturated carbocycles. The number of nitrogens with zero attached hydrogens (tertiary/aromatic N) is 4. The van der Waals surface area contributed by atoms with Gasteiger partial charge in [0.25, 0.3) is 0 Å². The van der Waals surface area contributed by atoms with Crippen molar-refractivity contribution in [3.8, 4) is 22.8 Å². The van der Waals surface area contributed by atoms with Gasteiger partial charge in [0, 0.05) is 11.1 Å². The van der Waals surface area contributed by atoms with Crippen LogP contribution in [0.25, 0.3) is 22.8 Å². The molecule has 1 heterocycles. The van der Waals surface area contributed by atoms with Crippen molar-refractivity contribution >= 4 is 26.6 Å². The predicted molar refractivity (Wildman–Crippen MR) is 104 cm³/mol. The van der Waals surface area contributed by atoms with Crippen LogP contribution < -0.4 is 10.9 Å². The van der Waals surface area contributed by atoms with Crippen molar-refractivity contribution < 1.29 is 0 Å². The number of rotatable bonds is 2. The van der Waals surface area contributed by atoms with E-state index in [1.54, 1.807) is 0 Å². The second kappa shape index (κ2) is 6.19. The second-order valence-corrected chi connectivity index (χ2v) is 6.59. The van der Waals surface area contributed by atoms with Gasteiger partial charge in [-0.1, -0.05) is 35.2 Å². The molecule has 3 rings (SSSR count). The van der Waals surface area contributed by atoms with Crippen molar-refractivity contribution in [3.63, 3.8) is 0 Å². The molecule has 2 aromatic carbocycles. The van der Waals surface area contributed by atoms with E-state index in [9.17, 15) is 0 Å². The van der Waals surface area contributed by atoms with Gasteiger partial charge < -0.3 is 0 Å². The molecule has 0 N–H and O–H groups in total. The molecule has 0 saturated heterocycles. The van der Waals surface area contributed by atoms with Gasteiger partial charge in [-0.05, 0) is 49.9 Å². The maximum atomic E-state index is 4.36. The highest BCUT2D eigenvalue weighted by molar-refractivity contribution is 6.32. The third kappa shape index (κ3) is 2.96. The standard InChI is InChI=1S/C18H20B2N4/c1-9-5-13(19)6-10(2)15(9)17-21-23-18(24-22-17)16-11(3)7-14(20)8-12(16)4/h5-8H,19-20H2,1-4H3. The summed E-state index contributed by atoms with van der Waals surface area (Å²) in [4.78, 5) is 0. The molecule has 4 nitrogen and oxygen atoms in total. The van der Waals surface area contributed by atoms with E-state index < -0.39 is 0 Å². The molecule has 3 aromatic rings. The van der Waals surface area contributed by atoms with Crippen molar-refractivity contribution in [3.05, 3.63) is 46.5 Å². The molecule has 0 spiro atoms. The minimum Gasteiger partial charge on any atom is -0.126 e. The highest BCUT2D eigenvalue weighted by Crippen LogP contribution is 2.25. The molecule has 1 aromatic heterocycles.